The van der Waals surface area contributed by atoms with Gasteiger partial charge in [0.05, 0.1) is 13.2 Å². The molecule has 0 fully saturated rings. The Kier molecular flexibility index (Phi) is 7.23. The van der Waals surface area contributed by atoms with Gasteiger partial charge in [0.25, 0.3) is 0 Å². The molecule has 0 radical (unpaired) electrons. The summed E-state index contributed by atoms with van der Waals surface area (Å²) in [4.78, 5) is 6.56. The summed E-state index contributed by atoms with van der Waals surface area (Å²) in [6.07, 6.45) is 1.62. The minimum absolute atomic E-state index is 0.561. The first kappa shape index (κ1) is 15.4. The third-order valence-corrected chi connectivity index (χ3v) is 2.78. The molecule has 0 N–H and O–H groups in total. The fraction of sp³-hybridized carbons (Fsp3) is 0.833. The lowest BCUT2D eigenvalue weighted by molar-refractivity contribution is 0.145. The summed E-state index contributed by atoms with van der Waals surface area (Å²) in [5.41, 5.74) is 0. The van der Waals surface area contributed by atoms with Crippen molar-refractivity contribution >= 4 is 11.6 Å². The van der Waals surface area contributed by atoms with Gasteiger partial charge in [-0.1, -0.05) is 13.8 Å². The highest BCUT2D eigenvalue weighted by molar-refractivity contribution is 6.18. The maximum atomic E-state index is 5.81. The monoisotopic (exact) mass is 274 g/mol. The highest BCUT2D eigenvalue weighted by Gasteiger charge is 2.11. The molecule has 0 saturated carbocycles. The van der Waals surface area contributed by atoms with E-state index in [2.05, 4.69) is 28.8 Å². The fourth-order valence-electron chi connectivity index (χ4n) is 1.72. The molecule has 0 amide bonds. The van der Waals surface area contributed by atoms with Crippen molar-refractivity contribution in [3.63, 3.8) is 0 Å². The minimum atomic E-state index is 0.561. The van der Waals surface area contributed by atoms with Crippen molar-refractivity contribution in [2.45, 2.75) is 26.9 Å². The van der Waals surface area contributed by atoms with Gasteiger partial charge >= 0.3 is 0 Å². The molecule has 0 bridgehead atoms. The second-order valence-corrected chi connectivity index (χ2v) is 5.09. The van der Waals surface area contributed by atoms with Crippen LogP contribution in [0.1, 0.15) is 19.7 Å². The van der Waals surface area contributed by atoms with Crippen LogP contribution in [0, 0.1) is 5.92 Å². The van der Waals surface area contributed by atoms with Gasteiger partial charge in [-0.2, -0.15) is 5.10 Å². The quantitative estimate of drug-likeness (QED) is 0.642. The summed E-state index contributed by atoms with van der Waals surface area (Å²) in [7, 11) is 1.71. The zero-order valence-corrected chi connectivity index (χ0v) is 12.2. The number of nitrogens with zero attached hydrogens (tertiary/aromatic N) is 4. The Labute approximate surface area is 114 Å². The second-order valence-electron chi connectivity index (χ2n) is 4.71. The van der Waals surface area contributed by atoms with Crippen LogP contribution in [0.2, 0.25) is 0 Å². The first-order chi connectivity index (χ1) is 8.67. The molecule has 5 nitrogen and oxygen atoms in total. The third-order valence-electron chi connectivity index (χ3n) is 2.61. The van der Waals surface area contributed by atoms with Crippen molar-refractivity contribution in [1.29, 1.82) is 0 Å². The van der Waals surface area contributed by atoms with Crippen molar-refractivity contribution < 1.29 is 4.74 Å². The smallest absolute Gasteiger partial charge is 0.141 e. The van der Waals surface area contributed by atoms with Crippen LogP contribution >= 0.6 is 11.6 Å². The van der Waals surface area contributed by atoms with Gasteiger partial charge in [-0.25, -0.2) is 9.67 Å². The van der Waals surface area contributed by atoms with E-state index >= 15 is 0 Å². The van der Waals surface area contributed by atoms with Crippen LogP contribution in [-0.4, -0.2) is 52.4 Å². The Morgan fingerprint density at radius 2 is 2.22 bits per heavy atom. The molecule has 1 aromatic heterocycles. The van der Waals surface area contributed by atoms with Gasteiger partial charge in [0, 0.05) is 32.6 Å². The molecule has 0 aromatic carbocycles. The summed E-state index contributed by atoms with van der Waals surface area (Å²) in [5, 5.41) is 4.26. The minimum Gasteiger partial charge on any atom is -0.383 e. The number of alkyl halides is 1. The zero-order chi connectivity index (χ0) is 13.4. The molecule has 1 rings (SSSR count). The molecule has 0 aliphatic rings. The van der Waals surface area contributed by atoms with E-state index in [1.165, 1.54) is 0 Å². The lowest BCUT2D eigenvalue weighted by Gasteiger charge is -2.20. The van der Waals surface area contributed by atoms with E-state index in [4.69, 9.17) is 16.3 Å². The van der Waals surface area contributed by atoms with Crippen LogP contribution in [0.25, 0.3) is 0 Å². The van der Waals surface area contributed by atoms with E-state index in [1.807, 2.05) is 4.68 Å². The molecule has 0 unspecified atom stereocenters. The summed E-state index contributed by atoms with van der Waals surface area (Å²) in [5.74, 6) is 2.16. The first-order valence-electron chi connectivity index (χ1n) is 6.31. The Hall–Kier alpha value is -0.650. The number of ether oxygens (including phenoxy) is 1. The van der Waals surface area contributed by atoms with Gasteiger partial charge in [0.2, 0.25) is 0 Å². The molecule has 0 saturated heterocycles. The number of halogens is 1. The normalized spacial score (nSPS) is 11.7. The highest BCUT2D eigenvalue weighted by atomic mass is 35.5. The van der Waals surface area contributed by atoms with Gasteiger partial charge < -0.3 is 4.74 Å². The third kappa shape index (κ3) is 5.33. The fourth-order valence-corrected chi connectivity index (χ4v) is 1.96. The number of rotatable bonds is 9. The lowest BCUT2D eigenvalue weighted by atomic mass is 10.2. The molecule has 0 spiro atoms. The average Bonchev–Trinajstić information content (AvgIpc) is 2.73. The van der Waals surface area contributed by atoms with Crippen molar-refractivity contribution in [2.24, 2.45) is 5.92 Å². The van der Waals surface area contributed by atoms with Crippen LogP contribution < -0.4 is 0 Å². The molecule has 0 aliphatic carbocycles. The summed E-state index contributed by atoms with van der Waals surface area (Å²) >= 11 is 5.81. The molecule has 1 aromatic rings. The maximum absolute atomic E-state index is 5.81. The number of methoxy groups -OCH3 is 1. The largest absolute Gasteiger partial charge is 0.383 e. The van der Waals surface area contributed by atoms with Gasteiger partial charge in [0.1, 0.15) is 12.2 Å². The molecule has 6 heteroatoms. The number of hydrogen-bond acceptors (Lipinski definition) is 4. The molecule has 18 heavy (non-hydrogen) atoms. The van der Waals surface area contributed by atoms with Crippen molar-refractivity contribution in [3.8, 4) is 0 Å². The molecule has 0 atom stereocenters. The number of hydrogen-bond donors (Lipinski definition) is 0. The van der Waals surface area contributed by atoms with Crippen molar-refractivity contribution in [3.05, 3.63) is 12.2 Å². The Morgan fingerprint density at radius 1 is 1.44 bits per heavy atom. The molecular weight excluding hydrogens is 252 g/mol. The molecule has 104 valence electrons. The predicted octanol–water partition coefficient (Wildman–Crippen LogP) is 1.62. The average molecular weight is 275 g/mol. The lowest BCUT2D eigenvalue weighted by Crippen LogP contribution is -2.30. The first-order valence-corrected chi connectivity index (χ1v) is 6.84. The Balaban J connectivity index is 2.59. The topological polar surface area (TPSA) is 43.2 Å². The van der Waals surface area contributed by atoms with Crippen LogP contribution in [0.4, 0.5) is 0 Å². The van der Waals surface area contributed by atoms with Gasteiger partial charge in [-0.15, -0.1) is 11.6 Å². The van der Waals surface area contributed by atoms with E-state index in [-0.39, 0.29) is 0 Å². The standard InChI is InChI=1S/C12H23ClN4O/c1-11(2)8-17-12(14-10-15-17)9-16(5-4-13)6-7-18-3/h10-11H,4-9H2,1-3H3. The zero-order valence-electron chi connectivity index (χ0n) is 11.5. The summed E-state index contributed by atoms with van der Waals surface area (Å²) < 4.78 is 7.08. The van der Waals surface area contributed by atoms with Crippen molar-refractivity contribution in [1.82, 2.24) is 19.7 Å². The van der Waals surface area contributed by atoms with E-state index < -0.39 is 0 Å². The second kappa shape index (κ2) is 8.45. The van der Waals surface area contributed by atoms with Crippen molar-refractivity contribution in [2.75, 3.05) is 32.7 Å². The van der Waals surface area contributed by atoms with Gasteiger partial charge in [0.15, 0.2) is 0 Å². The SMILES string of the molecule is COCCN(CCCl)Cc1ncnn1CC(C)C. The van der Waals surface area contributed by atoms with Crippen LogP contribution in [0.15, 0.2) is 6.33 Å². The Bertz CT molecular complexity index is 330. The van der Waals surface area contributed by atoms with E-state index in [0.29, 0.717) is 18.4 Å². The highest BCUT2D eigenvalue weighted by Crippen LogP contribution is 2.05. The summed E-state index contributed by atoms with van der Waals surface area (Å²) in [6, 6.07) is 0. The Morgan fingerprint density at radius 3 is 2.83 bits per heavy atom. The van der Waals surface area contributed by atoms with Crippen LogP contribution in [0.5, 0.6) is 0 Å². The summed E-state index contributed by atoms with van der Waals surface area (Å²) in [6.45, 7) is 8.41. The van der Waals surface area contributed by atoms with E-state index in [1.54, 1.807) is 13.4 Å². The predicted molar refractivity (Wildman–Crippen MR) is 72.7 cm³/mol. The molecule has 1 heterocycles. The van der Waals surface area contributed by atoms with Gasteiger partial charge in [-0.3, -0.25) is 4.90 Å². The molecule has 0 aliphatic heterocycles. The van der Waals surface area contributed by atoms with E-state index in [0.717, 1.165) is 32.0 Å². The van der Waals surface area contributed by atoms with E-state index in [9.17, 15) is 0 Å². The van der Waals surface area contributed by atoms with Crippen LogP contribution in [0.3, 0.4) is 0 Å². The maximum Gasteiger partial charge on any atom is 0.141 e. The van der Waals surface area contributed by atoms with Gasteiger partial charge in [-0.05, 0) is 5.92 Å². The van der Waals surface area contributed by atoms with Crippen LogP contribution in [-0.2, 0) is 17.8 Å². The number of aromatic nitrogens is 3. The molecular formula is C12H23ClN4O.